The minimum Gasteiger partial charge on any atom is -0.490 e. The van der Waals surface area contributed by atoms with Gasteiger partial charge in [-0.2, -0.15) is 0 Å². The maximum absolute atomic E-state index is 10.2. The monoisotopic (exact) mass is 294 g/mol. The second-order valence-corrected chi connectivity index (χ2v) is 5.54. The van der Waals surface area contributed by atoms with Crippen LogP contribution in [0.4, 0.5) is 11.6 Å². The summed E-state index contributed by atoms with van der Waals surface area (Å²) in [6.45, 7) is 2.94. The molecule has 1 aromatic heterocycles. The number of aromatic nitrogens is 2. The van der Waals surface area contributed by atoms with Crippen LogP contribution < -0.4 is 15.0 Å². The summed E-state index contributed by atoms with van der Waals surface area (Å²) < 4.78 is 5.51. The molecule has 1 aliphatic carbocycles. The highest BCUT2D eigenvalue weighted by Crippen LogP contribution is 2.34. The van der Waals surface area contributed by atoms with Crippen molar-refractivity contribution in [2.45, 2.75) is 51.2 Å². The Labute approximate surface area is 126 Å². The van der Waals surface area contributed by atoms with Gasteiger partial charge in [-0.05, 0) is 19.3 Å². The fourth-order valence-electron chi connectivity index (χ4n) is 2.87. The first kappa shape index (κ1) is 15.8. The van der Waals surface area contributed by atoms with E-state index in [1.165, 1.54) is 0 Å². The Balaban J connectivity index is 2.24. The first-order chi connectivity index (χ1) is 10.2. The summed E-state index contributed by atoms with van der Waals surface area (Å²) in [6.07, 6.45) is 6.30. The van der Waals surface area contributed by atoms with Gasteiger partial charge in [-0.25, -0.2) is 9.97 Å². The van der Waals surface area contributed by atoms with E-state index < -0.39 is 0 Å². The quantitative estimate of drug-likeness (QED) is 0.837. The Hall–Kier alpha value is -1.56. The zero-order valence-electron chi connectivity index (χ0n) is 13.2. The average molecular weight is 294 g/mol. The molecule has 2 unspecified atom stereocenters. The predicted octanol–water partition coefficient (Wildman–Crippen LogP) is 2.05. The molecule has 0 aliphatic heterocycles. The number of hydrogen-bond donors (Lipinski definition) is 2. The SMILES string of the molecule is CCCNc1ncnc(N(C)C2CCCCC2O)c1OC. The van der Waals surface area contributed by atoms with Gasteiger partial charge >= 0.3 is 0 Å². The smallest absolute Gasteiger partial charge is 0.204 e. The predicted molar refractivity (Wildman–Crippen MR) is 84.0 cm³/mol. The molecule has 1 fully saturated rings. The van der Waals surface area contributed by atoms with Gasteiger partial charge < -0.3 is 20.1 Å². The van der Waals surface area contributed by atoms with Gasteiger partial charge in [-0.15, -0.1) is 0 Å². The number of rotatable bonds is 6. The van der Waals surface area contributed by atoms with E-state index in [0.717, 1.165) is 44.5 Å². The topological polar surface area (TPSA) is 70.5 Å². The summed E-state index contributed by atoms with van der Waals surface area (Å²) in [5.41, 5.74) is 0. The summed E-state index contributed by atoms with van der Waals surface area (Å²) in [6, 6.07) is 0.0848. The maximum atomic E-state index is 10.2. The van der Waals surface area contributed by atoms with E-state index in [2.05, 4.69) is 22.2 Å². The second kappa shape index (κ2) is 7.45. The zero-order valence-corrected chi connectivity index (χ0v) is 13.2. The molecule has 1 saturated carbocycles. The van der Waals surface area contributed by atoms with E-state index in [4.69, 9.17) is 4.74 Å². The fraction of sp³-hybridized carbons (Fsp3) is 0.733. The molecule has 1 aromatic rings. The highest BCUT2D eigenvalue weighted by molar-refractivity contribution is 5.65. The molecule has 2 atom stereocenters. The van der Waals surface area contributed by atoms with Gasteiger partial charge in [-0.3, -0.25) is 0 Å². The van der Waals surface area contributed by atoms with E-state index >= 15 is 0 Å². The molecular weight excluding hydrogens is 268 g/mol. The van der Waals surface area contributed by atoms with Crippen LogP contribution in [0.3, 0.4) is 0 Å². The summed E-state index contributed by atoms with van der Waals surface area (Å²) in [7, 11) is 3.60. The first-order valence-corrected chi connectivity index (χ1v) is 7.72. The molecule has 0 bridgehead atoms. The molecular formula is C15H26N4O2. The molecule has 6 nitrogen and oxygen atoms in total. The lowest BCUT2D eigenvalue weighted by molar-refractivity contribution is 0.105. The van der Waals surface area contributed by atoms with Crippen molar-refractivity contribution in [3.8, 4) is 5.75 Å². The minimum absolute atomic E-state index is 0.0848. The minimum atomic E-state index is -0.310. The van der Waals surface area contributed by atoms with Crippen molar-refractivity contribution < 1.29 is 9.84 Å². The van der Waals surface area contributed by atoms with E-state index in [9.17, 15) is 5.11 Å². The van der Waals surface area contributed by atoms with Crippen LogP contribution in [0.1, 0.15) is 39.0 Å². The van der Waals surface area contributed by atoms with Crippen molar-refractivity contribution in [3.05, 3.63) is 6.33 Å². The Kier molecular flexibility index (Phi) is 5.61. The molecule has 1 aliphatic rings. The molecule has 0 amide bonds. The average Bonchev–Trinajstić information content (AvgIpc) is 2.52. The number of anilines is 2. The summed E-state index contributed by atoms with van der Waals surface area (Å²) in [4.78, 5) is 10.7. The normalized spacial score (nSPS) is 21.9. The van der Waals surface area contributed by atoms with Crippen LogP contribution in [0.5, 0.6) is 5.75 Å². The van der Waals surface area contributed by atoms with Gasteiger partial charge in [0.15, 0.2) is 11.6 Å². The number of methoxy groups -OCH3 is 1. The van der Waals surface area contributed by atoms with E-state index in [0.29, 0.717) is 11.6 Å². The van der Waals surface area contributed by atoms with Gasteiger partial charge in [0, 0.05) is 13.6 Å². The van der Waals surface area contributed by atoms with Crippen LogP contribution in [0, 0.1) is 0 Å². The van der Waals surface area contributed by atoms with E-state index in [-0.39, 0.29) is 12.1 Å². The number of aliphatic hydroxyl groups is 1. The molecule has 0 aromatic carbocycles. The van der Waals surface area contributed by atoms with Gasteiger partial charge in [-0.1, -0.05) is 19.8 Å². The summed E-state index contributed by atoms with van der Waals surface area (Å²) in [5, 5.41) is 13.5. The number of nitrogens with zero attached hydrogens (tertiary/aromatic N) is 3. The van der Waals surface area contributed by atoms with Gasteiger partial charge in [0.25, 0.3) is 0 Å². The second-order valence-electron chi connectivity index (χ2n) is 5.54. The third-order valence-electron chi connectivity index (χ3n) is 4.06. The molecule has 0 spiro atoms. The third-order valence-corrected chi connectivity index (χ3v) is 4.06. The first-order valence-electron chi connectivity index (χ1n) is 7.72. The largest absolute Gasteiger partial charge is 0.490 e. The molecule has 0 saturated heterocycles. The number of nitrogens with one attached hydrogen (secondary N) is 1. The Morgan fingerprint density at radius 1 is 1.38 bits per heavy atom. The molecule has 6 heteroatoms. The molecule has 2 N–H and O–H groups in total. The molecule has 118 valence electrons. The van der Waals surface area contributed by atoms with Crippen LogP contribution in [0.25, 0.3) is 0 Å². The maximum Gasteiger partial charge on any atom is 0.204 e. The molecule has 2 rings (SSSR count). The van der Waals surface area contributed by atoms with Crippen LogP contribution in [0.2, 0.25) is 0 Å². The lowest BCUT2D eigenvalue weighted by Crippen LogP contribution is -2.44. The number of hydrogen-bond acceptors (Lipinski definition) is 6. The van der Waals surface area contributed by atoms with Gasteiger partial charge in [0.1, 0.15) is 6.33 Å². The van der Waals surface area contributed by atoms with Crippen LogP contribution in [-0.4, -0.2) is 47.9 Å². The third kappa shape index (κ3) is 3.56. The highest BCUT2D eigenvalue weighted by Gasteiger charge is 2.29. The molecule has 1 heterocycles. The van der Waals surface area contributed by atoms with Crippen molar-refractivity contribution in [2.75, 3.05) is 30.9 Å². The number of likely N-dealkylation sites (N-methyl/N-ethyl adjacent to an activating group) is 1. The van der Waals surface area contributed by atoms with Crippen molar-refractivity contribution in [1.82, 2.24) is 9.97 Å². The highest BCUT2D eigenvalue weighted by atomic mass is 16.5. The van der Waals surface area contributed by atoms with Crippen molar-refractivity contribution in [1.29, 1.82) is 0 Å². The Morgan fingerprint density at radius 2 is 2.14 bits per heavy atom. The molecule has 0 radical (unpaired) electrons. The van der Waals surface area contributed by atoms with Crippen molar-refractivity contribution in [3.63, 3.8) is 0 Å². The lowest BCUT2D eigenvalue weighted by atomic mass is 9.91. The summed E-state index contributed by atoms with van der Waals surface area (Å²) in [5.74, 6) is 2.09. The van der Waals surface area contributed by atoms with Crippen molar-refractivity contribution in [2.24, 2.45) is 0 Å². The van der Waals surface area contributed by atoms with E-state index in [1.807, 2.05) is 11.9 Å². The Bertz CT molecular complexity index is 455. The zero-order chi connectivity index (χ0) is 15.2. The van der Waals surface area contributed by atoms with Crippen molar-refractivity contribution >= 4 is 11.6 Å². The van der Waals surface area contributed by atoms with Crippen LogP contribution >= 0.6 is 0 Å². The fourth-order valence-corrected chi connectivity index (χ4v) is 2.87. The van der Waals surface area contributed by atoms with Crippen LogP contribution in [0.15, 0.2) is 6.33 Å². The Morgan fingerprint density at radius 3 is 2.81 bits per heavy atom. The van der Waals surface area contributed by atoms with Gasteiger partial charge in [0.2, 0.25) is 5.75 Å². The van der Waals surface area contributed by atoms with Crippen LogP contribution in [-0.2, 0) is 0 Å². The van der Waals surface area contributed by atoms with Gasteiger partial charge in [0.05, 0.1) is 19.3 Å². The lowest BCUT2D eigenvalue weighted by Gasteiger charge is -2.36. The van der Waals surface area contributed by atoms with E-state index in [1.54, 1.807) is 13.4 Å². The number of aliphatic hydroxyl groups excluding tert-OH is 1. The number of ether oxygens (including phenoxy) is 1. The summed E-state index contributed by atoms with van der Waals surface area (Å²) >= 11 is 0. The molecule has 21 heavy (non-hydrogen) atoms. The standard InChI is InChI=1S/C15H26N4O2/c1-4-9-16-14-13(21-3)15(18-10-17-14)19(2)11-7-5-6-8-12(11)20/h10-12,20H,4-9H2,1-3H3,(H,16,17,18).